The normalized spacial score (nSPS) is 10.4. The maximum absolute atomic E-state index is 11.6. The Morgan fingerprint density at radius 1 is 1.36 bits per heavy atom. The molecule has 0 atom stereocenters. The molecule has 0 saturated carbocycles. The van der Waals surface area contributed by atoms with Gasteiger partial charge >= 0.3 is 0 Å². The van der Waals surface area contributed by atoms with E-state index in [0.717, 1.165) is 16.5 Å². The molecule has 0 fully saturated rings. The van der Waals surface area contributed by atoms with Crippen molar-refractivity contribution in [1.82, 2.24) is 4.57 Å². The van der Waals surface area contributed by atoms with E-state index in [9.17, 15) is 4.79 Å². The van der Waals surface area contributed by atoms with Gasteiger partial charge in [-0.15, -0.1) is 0 Å². The van der Waals surface area contributed by atoms with Crippen LogP contribution in [0.5, 0.6) is 0 Å². The van der Waals surface area contributed by atoms with Crippen molar-refractivity contribution in [2.24, 2.45) is 7.05 Å². The van der Waals surface area contributed by atoms with Crippen molar-refractivity contribution in [2.45, 2.75) is 0 Å². The zero-order valence-corrected chi connectivity index (χ0v) is 8.03. The first kappa shape index (κ1) is 8.75. The molecule has 0 spiro atoms. The predicted octanol–water partition coefficient (Wildman–Crippen LogP) is 2.18. The molecule has 0 aliphatic carbocycles. The molecule has 1 aromatic heterocycles. The van der Waals surface area contributed by atoms with Gasteiger partial charge in [0, 0.05) is 24.7 Å². The monoisotopic (exact) mass is 185 g/mol. The van der Waals surface area contributed by atoms with Gasteiger partial charge in [0.2, 0.25) is 0 Å². The highest BCUT2D eigenvalue weighted by Crippen LogP contribution is 2.12. The van der Waals surface area contributed by atoms with Crippen LogP contribution in [0.1, 0.15) is 5.56 Å². The smallest absolute Gasteiger partial charge is 0.189 e. The van der Waals surface area contributed by atoms with Crippen molar-refractivity contribution in [3.05, 3.63) is 52.8 Å². The van der Waals surface area contributed by atoms with Gasteiger partial charge in [-0.25, -0.2) is 0 Å². The first-order chi connectivity index (χ1) is 6.72. The van der Waals surface area contributed by atoms with Gasteiger partial charge in [-0.3, -0.25) is 4.79 Å². The summed E-state index contributed by atoms with van der Waals surface area (Å²) in [6.07, 6.45) is 3.52. The van der Waals surface area contributed by atoms with E-state index >= 15 is 0 Å². The van der Waals surface area contributed by atoms with E-state index in [1.54, 1.807) is 18.3 Å². The number of benzene rings is 1. The highest BCUT2D eigenvalue weighted by Gasteiger charge is 1.99. The van der Waals surface area contributed by atoms with Crippen molar-refractivity contribution in [3.8, 4) is 0 Å². The van der Waals surface area contributed by atoms with E-state index in [1.165, 1.54) is 0 Å². The van der Waals surface area contributed by atoms with Crippen LogP contribution in [-0.4, -0.2) is 4.57 Å². The lowest BCUT2D eigenvalue weighted by molar-refractivity contribution is 0.950. The third kappa shape index (κ3) is 1.25. The Kier molecular flexibility index (Phi) is 1.97. The van der Waals surface area contributed by atoms with Crippen LogP contribution in [0.25, 0.3) is 17.0 Å². The number of aryl methyl sites for hydroxylation is 1. The van der Waals surface area contributed by atoms with E-state index in [-0.39, 0.29) is 5.43 Å². The number of pyridine rings is 1. The quantitative estimate of drug-likeness (QED) is 0.667. The second-order valence-electron chi connectivity index (χ2n) is 3.27. The highest BCUT2D eigenvalue weighted by atomic mass is 16.1. The number of fused-ring (bicyclic) bond motifs is 1. The number of nitrogens with zero attached hydrogens (tertiary/aromatic N) is 1. The van der Waals surface area contributed by atoms with Gasteiger partial charge in [-0.2, -0.15) is 0 Å². The molecule has 0 bridgehead atoms. The summed E-state index contributed by atoms with van der Waals surface area (Å²) in [5.41, 5.74) is 1.98. The lowest BCUT2D eigenvalue weighted by Gasteiger charge is -2.04. The maximum Gasteiger partial charge on any atom is 0.189 e. The first-order valence-corrected chi connectivity index (χ1v) is 4.44. The van der Waals surface area contributed by atoms with Crippen LogP contribution < -0.4 is 5.43 Å². The molecule has 0 N–H and O–H groups in total. The molecule has 0 aliphatic heterocycles. The standard InChI is InChI=1S/C12H11NO/c1-3-9-4-5-11-10(8-9)12(14)6-7-13(11)2/h3-8H,1H2,2H3. The molecule has 2 rings (SSSR count). The zero-order valence-electron chi connectivity index (χ0n) is 8.03. The number of hydrogen-bond donors (Lipinski definition) is 0. The van der Waals surface area contributed by atoms with Crippen LogP contribution >= 0.6 is 0 Å². The molecule has 0 amide bonds. The second-order valence-corrected chi connectivity index (χ2v) is 3.27. The van der Waals surface area contributed by atoms with Gasteiger partial charge in [0.15, 0.2) is 5.43 Å². The molecule has 0 saturated heterocycles. The van der Waals surface area contributed by atoms with Crippen LogP contribution in [0, 0.1) is 0 Å². The van der Waals surface area contributed by atoms with Gasteiger partial charge in [0.05, 0.1) is 5.52 Å². The lowest BCUT2D eigenvalue weighted by atomic mass is 10.1. The summed E-state index contributed by atoms with van der Waals surface area (Å²) in [7, 11) is 1.93. The van der Waals surface area contributed by atoms with Crippen LogP contribution in [0.15, 0.2) is 41.8 Å². The molecule has 2 nitrogen and oxygen atoms in total. The van der Waals surface area contributed by atoms with Crippen LogP contribution in [-0.2, 0) is 7.05 Å². The maximum atomic E-state index is 11.6. The van der Waals surface area contributed by atoms with Gasteiger partial charge in [0.1, 0.15) is 0 Å². The Labute approximate surface area is 82.1 Å². The average Bonchev–Trinajstić information content (AvgIpc) is 2.23. The number of aromatic nitrogens is 1. The van der Waals surface area contributed by atoms with Gasteiger partial charge in [-0.05, 0) is 17.7 Å². The molecule has 2 heteroatoms. The fourth-order valence-electron chi connectivity index (χ4n) is 1.54. The summed E-state index contributed by atoms with van der Waals surface area (Å²) < 4.78 is 1.93. The fraction of sp³-hybridized carbons (Fsp3) is 0.0833. The van der Waals surface area contributed by atoms with Crippen molar-refractivity contribution in [2.75, 3.05) is 0 Å². The summed E-state index contributed by atoms with van der Waals surface area (Å²) in [6, 6.07) is 7.34. The third-order valence-corrected chi connectivity index (χ3v) is 2.35. The minimum Gasteiger partial charge on any atom is -0.350 e. The topological polar surface area (TPSA) is 22.0 Å². The minimum atomic E-state index is 0.0572. The van der Waals surface area contributed by atoms with Gasteiger partial charge < -0.3 is 4.57 Å². The Morgan fingerprint density at radius 2 is 2.14 bits per heavy atom. The molecular formula is C12H11NO. The van der Waals surface area contributed by atoms with Crippen molar-refractivity contribution in [3.63, 3.8) is 0 Å². The molecule has 1 aromatic carbocycles. The molecule has 14 heavy (non-hydrogen) atoms. The van der Waals surface area contributed by atoms with Crippen molar-refractivity contribution < 1.29 is 0 Å². The molecule has 70 valence electrons. The summed E-state index contributed by atoms with van der Waals surface area (Å²) >= 11 is 0. The largest absolute Gasteiger partial charge is 0.350 e. The minimum absolute atomic E-state index is 0.0572. The molecule has 0 unspecified atom stereocenters. The summed E-state index contributed by atoms with van der Waals surface area (Å²) in [4.78, 5) is 11.6. The molecule has 2 aromatic rings. The van der Waals surface area contributed by atoms with Crippen LogP contribution in [0.2, 0.25) is 0 Å². The first-order valence-electron chi connectivity index (χ1n) is 4.44. The predicted molar refractivity (Wildman–Crippen MR) is 59.3 cm³/mol. The Bertz CT molecular complexity index is 552. The van der Waals surface area contributed by atoms with E-state index in [0.29, 0.717) is 0 Å². The number of hydrogen-bond acceptors (Lipinski definition) is 1. The van der Waals surface area contributed by atoms with E-state index in [2.05, 4.69) is 6.58 Å². The summed E-state index contributed by atoms with van der Waals surface area (Å²) in [6.45, 7) is 3.68. The van der Waals surface area contributed by atoms with E-state index in [4.69, 9.17) is 0 Å². The van der Waals surface area contributed by atoms with Crippen LogP contribution in [0.4, 0.5) is 0 Å². The van der Waals surface area contributed by atoms with Crippen molar-refractivity contribution in [1.29, 1.82) is 0 Å². The Morgan fingerprint density at radius 3 is 2.86 bits per heavy atom. The van der Waals surface area contributed by atoms with Gasteiger partial charge in [0.25, 0.3) is 0 Å². The second kappa shape index (κ2) is 3.14. The van der Waals surface area contributed by atoms with Gasteiger partial charge in [-0.1, -0.05) is 18.7 Å². The third-order valence-electron chi connectivity index (χ3n) is 2.35. The molecule has 0 aliphatic rings. The van der Waals surface area contributed by atoms with Crippen LogP contribution in [0.3, 0.4) is 0 Å². The Balaban J connectivity index is 2.94. The zero-order chi connectivity index (χ0) is 10.1. The average molecular weight is 185 g/mol. The Hall–Kier alpha value is -1.83. The van der Waals surface area contributed by atoms with E-state index in [1.807, 2.05) is 29.8 Å². The summed E-state index contributed by atoms with van der Waals surface area (Å²) in [5, 5.41) is 0.743. The summed E-state index contributed by atoms with van der Waals surface area (Å²) in [5.74, 6) is 0. The SMILES string of the molecule is C=Cc1ccc2c(c1)c(=O)ccn2C. The molecule has 0 radical (unpaired) electrons. The fourth-order valence-corrected chi connectivity index (χ4v) is 1.54. The number of rotatable bonds is 1. The highest BCUT2D eigenvalue weighted by molar-refractivity contribution is 5.81. The molecule has 1 heterocycles. The molecular weight excluding hydrogens is 174 g/mol. The van der Waals surface area contributed by atoms with Crippen molar-refractivity contribution >= 4 is 17.0 Å². The lowest BCUT2D eigenvalue weighted by Crippen LogP contribution is -2.04. The van der Waals surface area contributed by atoms with E-state index < -0.39 is 0 Å².